The zero-order valence-electron chi connectivity index (χ0n) is 13.8. The Kier molecular flexibility index (Phi) is 4.66. The Morgan fingerprint density at radius 3 is 2.43 bits per heavy atom. The van der Waals surface area contributed by atoms with E-state index in [2.05, 4.69) is 48.2 Å². The minimum atomic E-state index is 0.583. The van der Waals surface area contributed by atoms with E-state index in [9.17, 15) is 0 Å². The summed E-state index contributed by atoms with van der Waals surface area (Å²) < 4.78 is 0. The fraction of sp³-hybridized carbons (Fsp3) is 0.684. The van der Waals surface area contributed by atoms with Crippen molar-refractivity contribution >= 4 is 0 Å². The Labute approximate surface area is 130 Å². The van der Waals surface area contributed by atoms with Crippen LogP contribution in [-0.2, 0) is 12.8 Å². The number of hydrogen-bond donors (Lipinski definition) is 0. The highest BCUT2D eigenvalue weighted by Crippen LogP contribution is 2.44. The van der Waals surface area contributed by atoms with Crippen molar-refractivity contribution in [3.8, 4) is 0 Å². The van der Waals surface area contributed by atoms with Gasteiger partial charge in [0.05, 0.1) is 0 Å². The van der Waals surface area contributed by atoms with Crippen LogP contribution in [0, 0.1) is 5.41 Å². The van der Waals surface area contributed by atoms with Gasteiger partial charge in [-0.15, -0.1) is 0 Å². The zero-order chi connectivity index (χ0) is 14.7. The van der Waals surface area contributed by atoms with Gasteiger partial charge in [-0.3, -0.25) is 0 Å². The van der Waals surface area contributed by atoms with E-state index in [0.29, 0.717) is 5.41 Å². The van der Waals surface area contributed by atoms with Crippen LogP contribution in [0.2, 0.25) is 0 Å². The smallest absolute Gasteiger partial charge is 0.000655 e. The van der Waals surface area contributed by atoms with Crippen molar-refractivity contribution in [2.45, 2.75) is 38.5 Å². The quantitative estimate of drug-likeness (QED) is 0.838. The second-order valence-corrected chi connectivity index (χ2v) is 7.47. The van der Waals surface area contributed by atoms with Crippen LogP contribution in [0.1, 0.15) is 36.8 Å². The second kappa shape index (κ2) is 6.50. The van der Waals surface area contributed by atoms with Gasteiger partial charge in [-0.1, -0.05) is 24.3 Å². The lowest BCUT2D eigenvalue weighted by molar-refractivity contribution is 0.231. The monoisotopic (exact) mass is 286 g/mol. The molecule has 1 fully saturated rings. The predicted octanol–water partition coefficient (Wildman–Crippen LogP) is 3.21. The molecule has 1 spiro atoms. The van der Waals surface area contributed by atoms with Crippen molar-refractivity contribution in [2.24, 2.45) is 5.41 Å². The highest BCUT2D eigenvalue weighted by atomic mass is 15.1. The first-order valence-electron chi connectivity index (χ1n) is 8.61. The van der Waals surface area contributed by atoms with Gasteiger partial charge in [0.1, 0.15) is 0 Å². The third kappa shape index (κ3) is 3.67. The Morgan fingerprint density at radius 1 is 1.05 bits per heavy atom. The molecule has 1 heterocycles. The van der Waals surface area contributed by atoms with Crippen LogP contribution in [-0.4, -0.2) is 50.1 Å². The third-order valence-corrected chi connectivity index (χ3v) is 5.47. The number of fused-ring (bicyclic) bond motifs is 1. The Hall–Kier alpha value is -0.860. The van der Waals surface area contributed by atoms with E-state index in [1.807, 2.05) is 0 Å². The standard InChI is InChI=1S/C19H30N2/c1-20(2)11-6-13-21-12-5-9-19(10-14-21)15-17-7-3-4-8-18(17)16-19/h3-4,7-8H,5-6,9-16H2,1-2H3. The zero-order valence-corrected chi connectivity index (χ0v) is 13.8. The molecule has 21 heavy (non-hydrogen) atoms. The molecule has 0 atom stereocenters. The van der Waals surface area contributed by atoms with Gasteiger partial charge in [0.25, 0.3) is 0 Å². The van der Waals surface area contributed by atoms with Crippen LogP contribution in [0.15, 0.2) is 24.3 Å². The molecular weight excluding hydrogens is 256 g/mol. The first-order chi connectivity index (χ1) is 10.2. The predicted molar refractivity (Wildman–Crippen MR) is 89.7 cm³/mol. The van der Waals surface area contributed by atoms with Gasteiger partial charge in [-0.2, -0.15) is 0 Å². The fourth-order valence-electron chi connectivity index (χ4n) is 4.27. The molecule has 2 nitrogen and oxygen atoms in total. The maximum atomic E-state index is 2.71. The van der Waals surface area contributed by atoms with Crippen molar-refractivity contribution in [1.82, 2.24) is 9.80 Å². The summed E-state index contributed by atoms with van der Waals surface area (Å²) >= 11 is 0. The summed E-state index contributed by atoms with van der Waals surface area (Å²) in [5.41, 5.74) is 3.83. The summed E-state index contributed by atoms with van der Waals surface area (Å²) in [6, 6.07) is 9.12. The van der Waals surface area contributed by atoms with Crippen molar-refractivity contribution < 1.29 is 0 Å². The molecule has 0 N–H and O–H groups in total. The lowest BCUT2D eigenvalue weighted by atomic mass is 9.78. The van der Waals surface area contributed by atoms with Crippen LogP contribution in [0.4, 0.5) is 0 Å². The average Bonchev–Trinajstić information content (AvgIpc) is 2.70. The molecule has 0 unspecified atom stereocenters. The molecule has 1 aromatic carbocycles. The maximum absolute atomic E-state index is 2.71. The highest BCUT2D eigenvalue weighted by Gasteiger charge is 2.37. The SMILES string of the molecule is CN(C)CCCN1CCCC2(CC1)Cc1ccccc1C2. The van der Waals surface area contributed by atoms with E-state index in [1.54, 1.807) is 11.1 Å². The molecule has 1 aromatic rings. The van der Waals surface area contributed by atoms with E-state index < -0.39 is 0 Å². The highest BCUT2D eigenvalue weighted by molar-refractivity contribution is 5.34. The number of likely N-dealkylation sites (tertiary alicyclic amines) is 1. The summed E-state index contributed by atoms with van der Waals surface area (Å²) in [4.78, 5) is 5.01. The van der Waals surface area contributed by atoms with Gasteiger partial charge < -0.3 is 9.80 Å². The molecule has 0 amide bonds. The fourth-order valence-corrected chi connectivity index (χ4v) is 4.27. The summed E-state index contributed by atoms with van der Waals surface area (Å²) in [5.74, 6) is 0. The van der Waals surface area contributed by atoms with Gasteiger partial charge in [0.15, 0.2) is 0 Å². The van der Waals surface area contributed by atoms with E-state index in [0.717, 1.165) is 0 Å². The Morgan fingerprint density at radius 2 is 1.76 bits per heavy atom. The van der Waals surface area contributed by atoms with Crippen molar-refractivity contribution in [3.05, 3.63) is 35.4 Å². The molecule has 1 aliphatic heterocycles. The number of benzene rings is 1. The van der Waals surface area contributed by atoms with E-state index >= 15 is 0 Å². The minimum absolute atomic E-state index is 0.583. The molecule has 2 aliphatic rings. The van der Waals surface area contributed by atoms with Crippen molar-refractivity contribution in [2.75, 3.05) is 40.3 Å². The Bertz CT molecular complexity index is 441. The minimum Gasteiger partial charge on any atom is -0.309 e. The summed E-state index contributed by atoms with van der Waals surface area (Å²) in [5, 5.41) is 0. The van der Waals surface area contributed by atoms with Crippen LogP contribution in [0.25, 0.3) is 0 Å². The normalized spacial score (nSPS) is 21.7. The van der Waals surface area contributed by atoms with Crippen LogP contribution in [0.5, 0.6) is 0 Å². The van der Waals surface area contributed by atoms with Crippen LogP contribution >= 0.6 is 0 Å². The lowest BCUT2D eigenvalue weighted by Gasteiger charge is -2.27. The number of nitrogens with zero attached hydrogens (tertiary/aromatic N) is 2. The van der Waals surface area contributed by atoms with Crippen LogP contribution in [0.3, 0.4) is 0 Å². The molecule has 2 heteroatoms. The number of hydrogen-bond acceptors (Lipinski definition) is 2. The third-order valence-electron chi connectivity index (χ3n) is 5.47. The van der Waals surface area contributed by atoms with Crippen LogP contribution < -0.4 is 0 Å². The topological polar surface area (TPSA) is 6.48 Å². The lowest BCUT2D eigenvalue weighted by Crippen LogP contribution is -2.29. The largest absolute Gasteiger partial charge is 0.309 e. The molecule has 0 saturated carbocycles. The second-order valence-electron chi connectivity index (χ2n) is 7.47. The molecule has 1 aliphatic carbocycles. The molecule has 1 saturated heterocycles. The van der Waals surface area contributed by atoms with Gasteiger partial charge in [0, 0.05) is 0 Å². The van der Waals surface area contributed by atoms with Gasteiger partial charge in [0.2, 0.25) is 0 Å². The van der Waals surface area contributed by atoms with Gasteiger partial charge in [-0.05, 0) is 95.3 Å². The molecule has 116 valence electrons. The molecule has 0 bridgehead atoms. The summed E-state index contributed by atoms with van der Waals surface area (Å²) in [6.45, 7) is 5.11. The molecule has 0 aromatic heterocycles. The molecule has 0 radical (unpaired) electrons. The first kappa shape index (κ1) is 15.1. The summed E-state index contributed by atoms with van der Waals surface area (Å²) in [6.07, 6.45) is 8.16. The van der Waals surface area contributed by atoms with Crippen molar-refractivity contribution in [3.63, 3.8) is 0 Å². The molecular formula is C19H30N2. The van der Waals surface area contributed by atoms with Gasteiger partial charge >= 0.3 is 0 Å². The van der Waals surface area contributed by atoms with E-state index in [4.69, 9.17) is 0 Å². The first-order valence-corrected chi connectivity index (χ1v) is 8.61. The van der Waals surface area contributed by atoms with E-state index in [-0.39, 0.29) is 0 Å². The van der Waals surface area contributed by atoms with Gasteiger partial charge in [-0.25, -0.2) is 0 Å². The van der Waals surface area contributed by atoms with Crippen molar-refractivity contribution in [1.29, 1.82) is 0 Å². The Balaban J connectivity index is 1.55. The van der Waals surface area contributed by atoms with E-state index in [1.165, 1.54) is 64.7 Å². The molecule has 3 rings (SSSR count). The maximum Gasteiger partial charge on any atom is -0.000655 e. The summed E-state index contributed by atoms with van der Waals surface area (Å²) in [7, 11) is 4.35. The number of rotatable bonds is 4. The average molecular weight is 286 g/mol.